The van der Waals surface area contributed by atoms with Gasteiger partial charge >= 0.3 is 0 Å². The molecule has 0 amide bonds. The van der Waals surface area contributed by atoms with E-state index in [2.05, 4.69) is 29.8 Å². The lowest BCUT2D eigenvalue weighted by atomic mass is 10.1. The van der Waals surface area contributed by atoms with Crippen molar-refractivity contribution in [2.45, 2.75) is 32.4 Å². The van der Waals surface area contributed by atoms with Gasteiger partial charge in [-0.3, -0.25) is 0 Å². The minimum absolute atomic E-state index is 0.460. The van der Waals surface area contributed by atoms with Crippen LogP contribution in [0.15, 0.2) is 29.0 Å². The highest BCUT2D eigenvalue weighted by Crippen LogP contribution is 2.25. The van der Waals surface area contributed by atoms with Crippen LogP contribution in [0.4, 0.5) is 5.69 Å². The van der Waals surface area contributed by atoms with Gasteiger partial charge in [0, 0.05) is 28.0 Å². The fourth-order valence-electron chi connectivity index (χ4n) is 1.83. The summed E-state index contributed by atoms with van der Waals surface area (Å²) in [5.74, 6) is 0. The Kier molecular flexibility index (Phi) is 4.59. The van der Waals surface area contributed by atoms with Crippen molar-refractivity contribution >= 4 is 28.4 Å². The van der Waals surface area contributed by atoms with E-state index in [4.69, 9.17) is 5.73 Å². The first-order valence-corrected chi connectivity index (χ1v) is 7.65. The van der Waals surface area contributed by atoms with Crippen LogP contribution in [0.5, 0.6) is 0 Å². The van der Waals surface area contributed by atoms with Crippen molar-refractivity contribution < 1.29 is 0 Å². The number of anilines is 1. The Morgan fingerprint density at radius 2 is 2.18 bits per heavy atom. The van der Waals surface area contributed by atoms with E-state index in [1.807, 2.05) is 22.8 Å². The normalized spacial score (nSPS) is 12.8. The smallest absolute Gasteiger partial charge is 0.0468 e. The van der Waals surface area contributed by atoms with Crippen LogP contribution < -0.4 is 11.1 Å². The van der Waals surface area contributed by atoms with Gasteiger partial charge in [-0.1, -0.05) is 19.4 Å². The monoisotopic (exact) mass is 266 g/mol. The molecule has 0 aliphatic rings. The van der Waals surface area contributed by atoms with Crippen LogP contribution in [0.2, 0.25) is 0 Å². The molecule has 3 N–H and O–H groups in total. The number of thiophene rings is 2. The lowest BCUT2D eigenvalue weighted by molar-refractivity contribution is 0.503. The highest BCUT2D eigenvalue weighted by atomic mass is 32.1. The lowest BCUT2D eigenvalue weighted by Crippen LogP contribution is -2.19. The summed E-state index contributed by atoms with van der Waals surface area (Å²) in [6.07, 6.45) is 2.36. The summed E-state index contributed by atoms with van der Waals surface area (Å²) in [6.45, 7) is 3.09. The van der Waals surface area contributed by atoms with E-state index < -0.39 is 0 Å². The largest absolute Gasteiger partial charge is 0.398 e. The Hall–Kier alpha value is -0.840. The van der Waals surface area contributed by atoms with Gasteiger partial charge in [0.05, 0.1) is 0 Å². The molecule has 0 aliphatic heterocycles. The van der Waals surface area contributed by atoms with Gasteiger partial charge in [-0.05, 0) is 29.3 Å². The van der Waals surface area contributed by atoms with Crippen LogP contribution in [-0.4, -0.2) is 0 Å². The maximum Gasteiger partial charge on any atom is 0.0468 e. The first-order valence-electron chi connectivity index (χ1n) is 5.90. The second-order valence-electron chi connectivity index (χ2n) is 4.04. The van der Waals surface area contributed by atoms with Gasteiger partial charge in [0.15, 0.2) is 0 Å². The van der Waals surface area contributed by atoms with Gasteiger partial charge in [0.25, 0.3) is 0 Å². The Balaban J connectivity index is 1.97. The molecule has 17 heavy (non-hydrogen) atoms. The molecule has 4 heteroatoms. The molecular weight excluding hydrogens is 248 g/mol. The van der Waals surface area contributed by atoms with Gasteiger partial charge in [0.2, 0.25) is 0 Å². The third kappa shape index (κ3) is 3.31. The second kappa shape index (κ2) is 6.19. The molecule has 0 radical (unpaired) electrons. The third-order valence-corrected chi connectivity index (χ3v) is 4.68. The molecule has 1 unspecified atom stereocenters. The molecule has 2 rings (SSSR count). The SMILES string of the molecule is CCCC(NCc1sccc1N)c1cccs1. The van der Waals surface area contributed by atoms with Gasteiger partial charge in [-0.2, -0.15) is 0 Å². The maximum atomic E-state index is 5.89. The molecule has 2 nitrogen and oxygen atoms in total. The number of nitrogens with two attached hydrogens (primary N) is 1. The number of rotatable bonds is 6. The van der Waals surface area contributed by atoms with Crippen molar-refractivity contribution in [3.05, 3.63) is 38.7 Å². The summed E-state index contributed by atoms with van der Waals surface area (Å²) >= 11 is 3.54. The molecule has 2 aromatic heterocycles. The molecule has 0 aliphatic carbocycles. The van der Waals surface area contributed by atoms with E-state index in [1.165, 1.54) is 22.6 Å². The maximum absolute atomic E-state index is 5.89. The average Bonchev–Trinajstić information content (AvgIpc) is 2.96. The van der Waals surface area contributed by atoms with Crippen LogP contribution >= 0.6 is 22.7 Å². The zero-order valence-corrected chi connectivity index (χ0v) is 11.6. The molecule has 2 heterocycles. The van der Waals surface area contributed by atoms with Crippen molar-refractivity contribution in [3.8, 4) is 0 Å². The summed E-state index contributed by atoms with van der Waals surface area (Å²) in [4.78, 5) is 2.66. The third-order valence-electron chi connectivity index (χ3n) is 2.75. The van der Waals surface area contributed by atoms with Crippen molar-refractivity contribution in [3.63, 3.8) is 0 Å². The summed E-state index contributed by atoms with van der Waals surface area (Å²) in [6, 6.07) is 6.75. The highest BCUT2D eigenvalue weighted by molar-refractivity contribution is 7.10. The first-order chi connectivity index (χ1) is 8.31. The second-order valence-corrected chi connectivity index (χ2v) is 6.02. The van der Waals surface area contributed by atoms with E-state index in [-0.39, 0.29) is 0 Å². The Morgan fingerprint density at radius 3 is 2.76 bits per heavy atom. The molecule has 1 atom stereocenters. The van der Waals surface area contributed by atoms with E-state index in [0.29, 0.717) is 6.04 Å². The number of nitrogens with one attached hydrogen (secondary N) is 1. The van der Waals surface area contributed by atoms with E-state index in [1.54, 1.807) is 11.3 Å². The Labute approximate surface area is 110 Å². The number of hydrogen-bond acceptors (Lipinski definition) is 4. The molecule has 0 fully saturated rings. The van der Waals surface area contributed by atoms with Gasteiger partial charge in [0.1, 0.15) is 0 Å². The summed E-state index contributed by atoms with van der Waals surface area (Å²) in [5.41, 5.74) is 6.80. The molecule has 0 spiro atoms. The molecule has 0 aromatic carbocycles. The van der Waals surface area contributed by atoms with Gasteiger partial charge < -0.3 is 11.1 Å². The first kappa shape index (κ1) is 12.6. The fraction of sp³-hybridized carbons (Fsp3) is 0.385. The molecule has 0 bridgehead atoms. The molecule has 0 saturated heterocycles. The summed E-state index contributed by atoms with van der Waals surface area (Å²) in [5, 5.41) is 7.79. The topological polar surface area (TPSA) is 38.0 Å². The number of nitrogen functional groups attached to an aromatic ring is 1. The molecular formula is C13H18N2S2. The van der Waals surface area contributed by atoms with E-state index >= 15 is 0 Å². The van der Waals surface area contributed by atoms with Gasteiger partial charge in [-0.15, -0.1) is 22.7 Å². The minimum atomic E-state index is 0.460. The predicted octanol–water partition coefficient (Wildman–Crippen LogP) is 4.02. The fourth-order valence-corrected chi connectivity index (χ4v) is 3.42. The van der Waals surface area contributed by atoms with Crippen molar-refractivity contribution in [2.24, 2.45) is 0 Å². The highest BCUT2D eigenvalue weighted by Gasteiger charge is 2.11. The average molecular weight is 266 g/mol. The zero-order valence-electron chi connectivity index (χ0n) is 9.98. The number of hydrogen-bond donors (Lipinski definition) is 2. The van der Waals surface area contributed by atoms with Crippen LogP contribution in [-0.2, 0) is 6.54 Å². The molecule has 2 aromatic rings. The summed E-state index contributed by atoms with van der Waals surface area (Å²) in [7, 11) is 0. The lowest BCUT2D eigenvalue weighted by Gasteiger charge is -2.16. The molecule has 0 saturated carbocycles. The van der Waals surface area contributed by atoms with Crippen molar-refractivity contribution in [2.75, 3.05) is 5.73 Å². The van der Waals surface area contributed by atoms with Crippen molar-refractivity contribution in [1.82, 2.24) is 5.32 Å². The van der Waals surface area contributed by atoms with Crippen molar-refractivity contribution in [1.29, 1.82) is 0 Å². The quantitative estimate of drug-likeness (QED) is 0.828. The van der Waals surface area contributed by atoms with Crippen LogP contribution in [0.25, 0.3) is 0 Å². The van der Waals surface area contributed by atoms with E-state index in [9.17, 15) is 0 Å². The van der Waals surface area contributed by atoms with E-state index in [0.717, 1.165) is 12.2 Å². The Bertz CT molecular complexity index is 434. The summed E-state index contributed by atoms with van der Waals surface area (Å²) < 4.78 is 0. The van der Waals surface area contributed by atoms with Crippen LogP contribution in [0.1, 0.15) is 35.6 Å². The van der Waals surface area contributed by atoms with Gasteiger partial charge in [-0.25, -0.2) is 0 Å². The predicted molar refractivity (Wildman–Crippen MR) is 77.5 cm³/mol. The molecule has 92 valence electrons. The van der Waals surface area contributed by atoms with Crippen LogP contribution in [0, 0.1) is 0 Å². The zero-order chi connectivity index (χ0) is 12.1. The standard InChI is InChI=1S/C13H18N2S2/c1-2-4-11(12-5-3-7-16-12)15-9-13-10(14)6-8-17-13/h3,5-8,11,15H,2,4,9,14H2,1H3. The Morgan fingerprint density at radius 1 is 1.29 bits per heavy atom. The van der Waals surface area contributed by atoms with Crippen LogP contribution in [0.3, 0.4) is 0 Å². The minimum Gasteiger partial charge on any atom is -0.398 e.